The molecule has 0 aliphatic heterocycles. The minimum absolute atomic E-state index is 0.256. The minimum atomic E-state index is 0.256. The molecule has 0 amide bonds. The van der Waals surface area contributed by atoms with Gasteiger partial charge in [-0.3, -0.25) is 0 Å². The third kappa shape index (κ3) is 4.37. The van der Waals surface area contributed by atoms with Crippen LogP contribution in [0.25, 0.3) is 0 Å². The van der Waals surface area contributed by atoms with E-state index in [1.165, 1.54) is 19.3 Å². The van der Waals surface area contributed by atoms with E-state index < -0.39 is 0 Å². The summed E-state index contributed by atoms with van der Waals surface area (Å²) in [5.41, 5.74) is 1.14. The van der Waals surface area contributed by atoms with Crippen LogP contribution in [-0.4, -0.2) is 6.04 Å². The van der Waals surface area contributed by atoms with Gasteiger partial charge in [0.25, 0.3) is 0 Å². The summed E-state index contributed by atoms with van der Waals surface area (Å²) in [6.07, 6.45) is 3.95. The van der Waals surface area contributed by atoms with Crippen molar-refractivity contribution in [3.05, 3.63) is 33.8 Å². The first kappa shape index (κ1) is 17.1. The smallest absolute Gasteiger partial charge is 0.0468 e. The molecule has 1 aromatic carbocycles. The molecule has 0 aromatic heterocycles. The zero-order chi connectivity index (χ0) is 15.6. The predicted molar refractivity (Wildman–Crippen MR) is 93.1 cm³/mol. The molecule has 1 fully saturated rings. The van der Waals surface area contributed by atoms with Crippen molar-refractivity contribution in [3.8, 4) is 0 Å². The van der Waals surface area contributed by atoms with Crippen LogP contribution in [0.15, 0.2) is 18.2 Å². The van der Waals surface area contributed by atoms with Crippen LogP contribution < -0.4 is 5.32 Å². The monoisotopic (exact) mass is 327 g/mol. The van der Waals surface area contributed by atoms with E-state index in [9.17, 15) is 0 Å². The van der Waals surface area contributed by atoms with Crippen molar-refractivity contribution in [1.82, 2.24) is 5.32 Å². The second kappa shape index (κ2) is 7.35. The Kier molecular flexibility index (Phi) is 5.99. The summed E-state index contributed by atoms with van der Waals surface area (Å²) in [7, 11) is 0. The maximum atomic E-state index is 6.35. The highest BCUT2D eigenvalue weighted by molar-refractivity contribution is 6.35. The first-order valence-electron chi connectivity index (χ1n) is 8.09. The highest BCUT2D eigenvalue weighted by Crippen LogP contribution is 2.35. The fourth-order valence-electron chi connectivity index (χ4n) is 3.66. The summed E-state index contributed by atoms with van der Waals surface area (Å²) in [6.45, 7) is 9.25. The van der Waals surface area contributed by atoms with Gasteiger partial charge in [0.15, 0.2) is 0 Å². The molecule has 4 atom stereocenters. The molecule has 21 heavy (non-hydrogen) atoms. The summed E-state index contributed by atoms with van der Waals surface area (Å²) >= 11 is 12.3. The van der Waals surface area contributed by atoms with Crippen LogP contribution in [0.5, 0.6) is 0 Å². The standard InChI is InChI=1S/C18H27Cl2N/c1-11(2)15-7-5-12(3)9-18(15)21-13(4)16-8-6-14(19)10-17(16)20/h6,8,10-13,15,18,21H,5,7,9H2,1-4H3. The van der Waals surface area contributed by atoms with Crippen molar-refractivity contribution in [1.29, 1.82) is 0 Å². The SMILES string of the molecule is CC1CCC(C(C)C)C(NC(C)c2ccc(Cl)cc2Cl)C1. The highest BCUT2D eigenvalue weighted by atomic mass is 35.5. The van der Waals surface area contributed by atoms with E-state index >= 15 is 0 Å². The van der Waals surface area contributed by atoms with Gasteiger partial charge in [0.1, 0.15) is 0 Å². The lowest BCUT2D eigenvalue weighted by atomic mass is 9.73. The van der Waals surface area contributed by atoms with Crippen LogP contribution in [0.2, 0.25) is 10.0 Å². The summed E-state index contributed by atoms with van der Waals surface area (Å²) in [5, 5.41) is 5.28. The van der Waals surface area contributed by atoms with Crippen molar-refractivity contribution in [2.45, 2.75) is 59.0 Å². The fourth-order valence-corrected chi connectivity index (χ4v) is 4.23. The van der Waals surface area contributed by atoms with E-state index in [0.29, 0.717) is 11.1 Å². The largest absolute Gasteiger partial charge is 0.307 e. The van der Waals surface area contributed by atoms with Gasteiger partial charge in [0, 0.05) is 22.1 Å². The van der Waals surface area contributed by atoms with E-state index in [1.54, 1.807) is 0 Å². The second-order valence-corrected chi connectivity index (χ2v) is 7.83. The molecule has 0 bridgehead atoms. The molecule has 1 aliphatic rings. The average Bonchev–Trinajstić information content (AvgIpc) is 2.37. The number of halogens is 2. The summed E-state index contributed by atoms with van der Waals surface area (Å²) in [6, 6.07) is 6.63. The number of rotatable bonds is 4. The Balaban J connectivity index is 2.10. The third-order valence-electron chi connectivity index (χ3n) is 4.92. The van der Waals surface area contributed by atoms with E-state index in [4.69, 9.17) is 23.2 Å². The minimum Gasteiger partial charge on any atom is -0.307 e. The van der Waals surface area contributed by atoms with Crippen molar-refractivity contribution in [2.75, 3.05) is 0 Å². The van der Waals surface area contributed by atoms with Gasteiger partial charge in [-0.2, -0.15) is 0 Å². The van der Waals surface area contributed by atoms with E-state index in [1.807, 2.05) is 18.2 Å². The third-order valence-corrected chi connectivity index (χ3v) is 5.48. The molecule has 4 unspecified atom stereocenters. The number of hydrogen-bond donors (Lipinski definition) is 1. The molecule has 3 heteroatoms. The molecule has 1 saturated carbocycles. The van der Waals surface area contributed by atoms with E-state index in [0.717, 1.165) is 28.3 Å². The zero-order valence-electron chi connectivity index (χ0n) is 13.5. The van der Waals surface area contributed by atoms with Gasteiger partial charge in [0.05, 0.1) is 0 Å². The lowest BCUT2D eigenvalue weighted by molar-refractivity contribution is 0.161. The molecule has 118 valence electrons. The summed E-state index contributed by atoms with van der Waals surface area (Å²) in [4.78, 5) is 0. The Morgan fingerprint density at radius 3 is 2.48 bits per heavy atom. The topological polar surface area (TPSA) is 12.0 Å². The molecule has 0 radical (unpaired) electrons. The van der Waals surface area contributed by atoms with Crippen molar-refractivity contribution in [3.63, 3.8) is 0 Å². The Morgan fingerprint density at radius 1 is 1.14 bits per heavy atom. The lowest BCUT2D eigenvalue weighted by Gasteiger charge is -2.39. The Morgan fingerprint density at radius 2 is 1.86 bits per heavy atom. The summed E-state index contributed by atoms with van der Waals surface area (Å²) in [5.74, 6) is 2.29. The van der Waals surface area contributed by atoms with Gasteiger partial charge in [-0.25, -0.2) is 0 Å². The van der Waals surface area contributed by atoms with Gasteiger partial charge < -0.3 is 5.32 Å². The summed E-state index contributed by atoms with van der Waals surface area (Å²) < 4.78 is 0. The molecular weight excluding hydrogens is 301 g/mol. The van der Waals surface area contributed by atoms with Gasteiger partial charge in [-0.05, 0) is 55.2 Å². The fraction of sp³-hybridized carbons (Fsp3) is 0.667. The van der Waals surface area contributed by atoms with Crippen molar-refractivity contribution < 1.29 is 0 Å². The molecular formula is C18H27Cl2N. The van der Waals surface area contributed by atoms with Crippen LogP contribution in [0, 0.1) is 17.8 Å². The van der Waals surface area contributed by atoms with E-state index in [2.05, 4.69) is 33.0 Å². The lowest BCUT2D eigenvalue weighted by Crippen LogP contribution is -2.43. The van der Waals surface area contributed by atoms with Crippen LogP contribution in [-0.2, 0) is 0 Å². The highest BCUT2D eigenvalue weighted by Gasteiger charge is 2.31. The zero-order valence-corrected chi connectivity index (χ0v) is 15.0. The Bertz CT molecular complexity index is 472. The average molecular weight is 328 g/mol. The van der Waals surface area contributed by atoms with Gasteiger partial charge in [-0.15, -0.1) is 0 Å². The molecule has 1 aromatic rings. The van der Waals surface area contributed by atoms with Gasteiger partial charge in [-0.1, -0.05) is 56.5 Å². The van der Waals surface area contributed by atoms with Crippen molar-refractivity contribution >= 4 is 23.2 Å². The second-order valence-electron chi connectivity index (χ2n) is 6.99. The molecule has 0 saturated heterocycles. The van der Waals surface area contributed by atoms with Crippen LogP contribution >= 0.6 is 23.2 Å². The number of nitrogens with one attached hydrogen (secondary N) is 1. The Hall–Kier alpha value is -0.240. The number of benzene rings is 1. The molecule has 1 N–H and O–H groups in total. The Labute approximate surface area is 139 Å². The number of hydrogen-bond acceptors (Lipinski definition) is 1. The van der Waals surface area contributed by atoms with Crippen LogP contribution in [0.4, 0.5) is 0 Å². The maximum Gasteiger partial charge on any atom is 0.0468 e. The molecule has 1 aliphatic carbocycles. The normalized spacial score (nSPS) is 27.9. The molecule has 0 heterocycles. The van der Waals surface area contributed by atoms with Crippen LogP contribution in [0.3, 0.4) is 0 Å². The maximum absolute atomic E-state index is 6.35. The molecule has 0 spiro atoms. The van der Waals surface area contributed by atoms with Gasteiger partial charge in [0.2, 0.25) is 0 Å². The van der Waals surface area contributed by atoms with E-state index in [-0.39, 0.29) is 6.04 Å². The first-order chi connectivity index (χ1) is 9.88. The quantitative estimate of drug-likeness (QED) is 0.703. The van der Waals surface area contributed by atoms with Crippen molar-refractivity contribution in [2.24, 2.45) is 17.8 Å². The van der Waals surface area contributed by atoms with Gasteiger partial charge >= 0.3 is 0 Å². The first-order valence-corrected chi connectivity index (χ1v) is 8.85. The van der Waals surface area contributed by atoms with Crippen LogP contribution in [0.1, 0.15) is 58.6 Å². The predicted octanol–water partition coefficient (Wildman–Crippen LogP) is 6.10. The molecule has 2 rings (SSSR count). The molecule has 1 nitrogen and oxygen atoms in total.